The van der Waals surface area contributed by atoms with Gasteiger partial charge in [0.1, 0.15) is 18.5 Å². The number of β-amino-alcohol motifs (C(OH)–C–C–N with tert-alkyl or cyclic N) is 1. The zero-order valence-corrected chi connectivity index (χ0v) is 17.7. The fourth-order valence-corrected chi connectivity index (χ4v) is 3.63. The summed E-state index contributed by atoms with van der Waals surface area (Å²) >= 11 is 0. The van der Waals surface area contributed by atoms with Gasteiger partial charge in [-0.15, -0.1) is 0 Å². The minimum atomic E-state index is -0.639. The molecule has 162 valence electrons. The second kappa shape index (κ2) is 10.5. The Kier molecular flexibility index (Phi) is 7.79. The first-order valence-electron chi connectivity index (χ1n) is 10.5. The van der Waals surface area contributed by atoms with Crippen LogP contribution in [0.2, 0.25) is 0 Å². The number of piperazine rings is 1. The van der Waals surface area contributed by atoms with Gasteiger partial charge < -0.3 is 9.84 Å². The molecular weight excluding hydrogens is 382 g/mol. The lowest BCUT2D eigenvalue weighted by atomic mass is 10.0. The maximum Gasteiger partial charge on any atom is 0.273 e. The van der Waals surface area contributed by atoms with E-state index in [0.29, 0.717) is 18.2 Å². The molecule has 1 fully saturated rings. The third kappa shape index (κ3) is 6.52. The fourth-order valence-electron chi connectivity index (χ4n) is 3.63. The molecule has 0 radical (unpaired) electrons. The van der Waals surface area contributed by atoms with Gasteiger partial charge in [0.25, 0.3) is 5.69 Å². The molecule has 0 spiro atoms. The van der Waals surface area contributed by atoms with Crippen LogP contribution in [0.4, 0.5) is 5.69 Å². The number of aliphatic hydroxyl groups excluding tert-OH is 1. The monoisotopic (exact) mass is 413 g/mol. The quantitative estimate of drug-likeness (QED) is 0.502. The van der Waals surface area contributed by atoms with Crippen LogP contribution < -0.4 is 4.74 Å². The number of nitro benzene ring substituents is 1. The number of hydrogen-bond donors (Lipinski definition) is 1. The Balaban J connectivity index is 1.38. The zero-order chi connectivity index (χ0) is 21.5. The van der Waals surface area contributed by atoms with Gasteiger partial charge in [-0.2, -0.15) is 0 Å². The van der Waals surface area contributed by atoms with E-state index in [1.54, 1.807) is 12.1 Å². The maximum absolute atomic E-state index is 10.8. The lowest BCUT2D eigenvalue weighted by Crippen LogP contribution is -2.48. The predicted molar refractivity (Wildman–Crippen MR) is 117 cm³/mol. The Labute approximate surface area is 178 Å². The number of hydrogen-bond acceptors (Lipinski definition) is 6. The molecule has 1 heterocycles. The first-order valence-corrected chi connectivity index (χ1v) is 10.5. The van der Waals surface area contributed by atoms with Crippen molar-refractivity contribution in [3.63, 3.8) is 0 Å². The highest BCUT2D eigenvalue weighted by Crippen LogP contribution is 2.19. The van der Waals surface area contributed by atoms with Crippen LogP contribution in [0, 0.1) is 10.1 Å². The van der Waals surface area contributed by atoms with Gasteiger partial charge >= 0.3 is 0 Å². The average molecular weight is 414 g/mol. The number of non-ortho nitro benzene ring substituents is 1. The van der Waals surface area contributed by atoms with Crippen molar-refractivity contribution in [2.45, 2.75) is 32.4 Å². The summed E-state index contributed by atoms with van der Waals surface area (Å²) in [4.78, 5) is 15.0. The molecule has 0 aliphatic carbocycles. The maximum atomic E-state index is 10.8. The van der Waals surface area contributed by atoms with E-state index in [0.717, 1.165) is 32.7 Å². The van der Waals surface area contributed by atoms with Crippen molar-refractivity contribution < 1.29 is 14.8 Å². The second-order valence-corrected chi connectivity index (χ2v) is 8.19. The van der Waals surface area contributed by atoms with Crippen molar-refractivity contribution >= 4 is 5.69 Å². The first-order chi connectivity index (χ1) is 14.4. The van der Waals surface area contributed by atoms with Crippen LogP contribution in [-0.2, 0) is 6.54 Å². The Bertz CT molecular complexity index is 817. The van der Waals surface area contributed by atoms with Gasteiger partial charge in [-0.25, -0.2) is 0 Å². The van der Waals surface area contributed by atoms with Gasteiger partial charge in [0.05, 0.1) is 11.0 Å². The molecule has 7 heteroatoms. The largest absolute Gasteiger partial charge is 0.491 e. The van der Waals surface area contributed by atoms with Crippen LogP contribution in [0.5, 0.6) is 5.75 Å². The Morgan fingerprint density at radius 1 is 1.07 bits per heavy atom. The summed E-state index contributed by atoms with van der Waals surface area (Å²) in [5.74, 6) is 0.951. The van der Waals surface area contributed by atoms with E-state index in [2.05, 4.69) is 47.9 Å². The molecule has 2 aromatic rings. The third-order valence-corrected chi connectivity index (χ3v) is 5.46. The van der Waals surface area contributed by atoms with Crippen LogP contribution >= 0.6 is 0 Å². The molecule has 7 nitrogen and oxygen atoms in total. The van der Waals surface area contributed by atoms with Crippen LogP contribution in [0.1, 0.15) is 30.9 Å². The molecule has 0 amide bonds. The van der Waals surface area contributed by atoms with Crippen molar-refractivity contribution in [2.75, 3.05) is 39.3 Å². The minimum Gasteiger partial charge on any atom is -0.491 e. The highest BCUT2D eigenvalue weighted by Gasteiger charge is 2.20. The number of benzene rings is 2. The van der Waals surface area contributed by atoms with E-state index < -0.39 is 11.0 Å². The number of aliphatic hydroxyl groups is 1. The van der Waals surface area contributed by atoms with Crippen LogP contribution in [0.3, 0.4) is 0 Å². The van der Waals surface area contributed by atoms with E-state index in [1.165, 1.54) is 23.3 Å². The summed E-state index contributed by atoms with van der Waals surface area (Å²) in [5.41, 5.74) is 2.68. The summed E-state index contributed by atoms with van der Waals surface area (Å²) in [6, 6.07) is 14.9. The first kappa shape index (κ1) is 22.2. The summed E-state index contributed by atoms with van der Waals surface area (Å²) < 4.78 is 5.54. The van der Waals surface area contributed by atoms with E-state index in [9.17, 15) is 15.2 Å². The molecule has 1 unspecified atom stereocenters. The molecule has 0 saturated carbocycles. The van der Waals surface area contributed by atoms with Crippen LogP contribution in [0.15, 0.2) is 48.5 Å². The molecule has 0 bridgehead atoms. The predicted octanol–water partition coefficient (Wildman–Crippen LogP) is 3.28. The number of ether oxygens (including phenoxy) is 1. The summed E-state index contributed by atoms with van der Waals surface area (Å²) in [7, 11) is 0. The summed E-state index contributed by atoms with van der Waals surface area (Å²) in [6.45, 7) is 9.74. The van der Waals surface area contributed by atoms with Crippen molar-refractivity contribution in [1.29, 1.82) is 0 Å². The lowest BCUT2D eigenvalue weighted by molar-refractivity contribution is -0.384. The van der Waals surface area contributed by atoms with E-state index in [4.69, 9.17) is 4.74 Å². The lowest BCUT2D eigenvalue weighted by Gasteiger charge is -2.35. The molecule has 2 aromatic carbocycles. The van der Waals surface area contributed by atoms with Crippen LogP contribution in [0.25, 0.3) is 0 Å². The van der Waals surface area contributed by atoms with Crippen molar-refractivity contribution in [3.05, 3.63) is 69.8 Å². The third-order valence-electron chi connectivity index (χ3n) is 5.46. The summed E-state index contributed by atoms with van der Waals surface area (Å²) in [6.07, 6.45) is -0.639. The highest BCUT2D eigenvalue weighted by atomic mass is 16.6. The topological polar surface area (TPSA) is 79.1 Å². The zero-order valence-electron chi connectivity index (χ0n) is 17.7. The van der Waals surface area contributed by atoms with Gasteiger partial charge in [-0.05, 0) is 23.1 Å². The Morgan fingerprint density at radius 3 is 2.37 bits per heavy atom. The molecule has 1 N–H and O–H groups in total. The normalized spacial score (nSPS) is 16.5. The van der Waals surface area contributed by atoms with E-state index in [1.807, 2.05) is 0 Å². The molecule has 0 aromatic heterocycles. The van der Waals surface area contributed by atoms with Crippen molar-refractivity contribution in [3.8, 4) is 5.75 Å². The average Bonchev–Trinajstić information content (AvgIpc) is 2.74. The Hall–Kier alpha value is -2.48. The van der Waals surface area contributed by atoms with Gasteiger partial charge in [-0.1, -0.05) is 44.2 Å². The molecule has 3 rings (SSSR count). The van der Waals surface area contributed by atoms with Gasteiger partial charge in [0, 0.05) is 45.3 Å². The van der Waals surface area contributed by atoms with Crippen LogP contribution in [-0.4, -0.2) is 65.3 Å². The number of nitro groups is 1. The fraction of sp³-hybridized carbons (Fsp3) is 0.478. The van der Waals surface area contributed by atoms with Gasteiger partial charge in [-0.3, -0.25) is 19.9 Å². The SMILES string of the molecule is CC(C)c1ccc(CN2CCN(CC(O)COc3cccc([N+](=O)[O-])c3)CC2)cc1. The van der Waals surface area contributed by atoms with E-state index >= 15 is 0 Å². The molecule has 30 heavy (non-hydrogen) atoms. The molecule has 1 saturated heterocycles. The standard InChI is InChI=1S/C23H31N3O4/c1-18(2)20-8-6-19(7-9-20)15-24-10-12-25(13-11-24)16-22(27)17-30-23-5-3-4-21(14-23)26(28)29/h3-9,14,18,22,27H,10-13,15-17H2,1-2H3. The van der Waals surface area contributed by atoms with Crippen molar-refractivity contribution in [1.82, 2.24) is 9.80 Å². The Morgan fingerprint density at radius 2 is 1.73 bits per heavy atom. The minimum absolute atomic E-state index is 0.0167. The molecule has 1 atom stereocenters. The van der Waals surface area contributed by atoms with Gasteiger partial charge in [0.2, 0.25) is 0 Å². The second-order valence-electron chi connectivity index (χ2n) is 8.19. The molecule has 1 aliphatic heterocycles. The highest BCUT2D eigenvalue weighted by molar-refractivity contribution is 5.37. The van der Waals surface area contributed by atoms with E-state index in [-0.39, 0.29) is 12.3 Å². The molecular formula is C23H31N3O4. The smallest absolute Gasteiger partial charge is 0.273 e. The molecule has 1 aliphatic rings. The van der Waals surface area contributed by atoms with Crippen molar-refractivity contribution in [2.24, 2.45) is 0 Å². The number of rotatable bonds is 9. The van der Waals surface area contributed by atoms with Gasteiger partial charge in [0.15, 0.2) is 0 Å². The summed E-state index contributed by atoms with van der Waals surface area (Å²) in [5, 5.41) is 21.1. The number of nitrogens with zero attached hydrogens (tertiary/aromatic N) is 3.